The Labute approximate surface area is 519 Å². The zero-order valence-corrected chi connectivity index (χ0v) is 58.4. The van der Waals surface area contributed by atoms with Crippen molar-refractivity contribution < 1.29 is 0 Å². The lowest BCUT2D eigenvalue weighted by atomic mass is 9.79. The van der Waals surface area contributed by atoms with Crippen LogP contribution in [0.4, 0.5) is 0 Å². The lowest BCUT2D eigenvalue weighted by molar-refractivity contribution is 0.664. The average Bonchev–Trinajstić information content (AvgIpc) is 1.04. The summed E-state index contributed by atoms with van der Waals surface area (Å²) in [4.78, 5) is 6.78. The molecule has 0 amide bonds. The number of rotatable bonds is 0. The van der Waals surface area contributed by atoms with Crippen LogP contribution in [0.1, 0.15) is 145 Å². The van der Waals surface area contributed by atoms with E-state index in [9.17, 15) is 0 Å². The summed E-state index contributed by atoms with van der Waals surface area (Å²) in [6.07, 6.45) is 0. The van der Waals surface area contributed by atoms with E-state index in [-0.39, 0.29) is 0 Å². The molecule has 14 rings (SSSR count). The van der Waals surface area contributed by atoms with Gasteiger partial charge in [-0.1, -0.05) is 0 Å². The van der Waals surface area contributed by atoms with Gasteiger partial charge in [-0.25, -0.2) is 0 Å². The number of aryl methyl sites for hydroxylation is 20. The standard InChI is InChI=1S/C25H27N3.C23H27N3.C17H21N3.C11H15N3/c1-10-12(3)18-16(7)17(8)19-13(4)11(2)15(6)21-23(19)22(18)20(14(10)5)24-25(21)27-28(9)26-24;1-10-12(3)16(7)20-18(14(10)5)19-15(6)11(2)13(4)17(8)21(19)23-22(20)24-26(9)25-23;1-8-9(2)11(4)15-14(10(8)3)12(5)13(6)16-17(15)19-20(7)18-16;1-6-7(2)9(4)11-10(8(6)3)12-14(5)13-11/h1-9H3;1-9H3;1-7H3;1-5H3. The van der Waals surface area contributed by atoms with Crippen molar-refractivity contribution in [3.63, 3.8) is 0 Å². The zero-order valence-electron chi connectivity index (χ0n) is 58.4. The first kappa shape index (κ1) is 61.3. The molecule has 0 aliphatic heterocycles. The topological polar surface area (TPSA) is 123 Å². The fraction of sp³-hybridized carbons (Fsp3) is 0.395. The molecule has 0 bridgehead atoms. The molecule has 4 aromatic heterocycles. The van der Waals surface area contributed by atoms with Crippen LogP contribution in [0.15, 0.2) is 0 Å². The summed E-state index contributed by atoms with van der Waals surface area (Å²) >= 11 is 0. The second-order valence-corrected chi connectivity index (χ2v) is 26.3. The Bertz CT molecular complexity index is 5160. The van der Waals surface area contributed by atoms with Gasteiger partial charge in [0.05, 0.1) is 0 Å². The average molecular weight is 1170 g/mol. The zero-order chi connectivity index (χ0) is 64.5. The Morgan fingerprint density at radius 2 is 0.250 bits per heavy atom. The van der Waals surface area contributed by atoms with Gasteiger partial charge in [0, 0.05) is 65.9 Å². The van der Waals surface area contributed by atoms with Gasteiger partial charge in [0.25, 0.3) is 0 Å². The first-order chi connectivity index (χ1) is 41.2. The highest BCUT2D eigenvalue weighted by molar-refractivity contribution is 6.36. The number of benzene rings is 10. The van der Waals surface area contributed by atoms with Crippen molar-refractivity contribution in [3.05, 3.63) is 145 Å². The van der Waals surface area contributed by atoms with Gasteiger partial charge < -0.3 is 0 Å². The summed E-state index contributed by atoms with van der Waals surface area (Å²) < 4.78 is 0. The Morgan fingerprint density at radius 1 is 0.125 bits per heavy atom. The summed E-state index contributed by atoms with van der Waals surface area (Å²) in [6.45, 7) is 57.7. The number of aromatic nitrogens is 12. The molecule has 14 aromatic rings. The number of fused-ring (bicyclic) bond motifs is 13. The van der Waals surface area contributed by atoms with E-state index in [4.69, 9.17) is 20.4 Å². The van der Waals surface area contributed by atoms with Crippen LogP contribution in [-0.2, 0) is 28.2 Å². The largest absolute Gasteiger partial charge is 0.187 e. The number of nitrogens with zero attached hydrogens (tertiary/aromatic N) is 12. The third-order valence-corrected chi connectivity index (χ3v) is 22.4. The van der Waals surface area contributed by atoms with E-state index in [1.54, 1.807) is 19.2 Å². The normalized spacial score (nSPS) is 12.0. The van der Waals surface area contributed by atoms with E-state index in [1.807, 2.05) is 28.2 Å². The minimum absolute atomic E-state index is 1.03. The second-order valence-electron chi connectivity index (χ2n) is 26.3. The summed E-state index contributed by atoms with van der Waals surface area (Å²) in [7, 11) is 7.61. The van der Waals surface area contributed by atoms with Crippen LogP contribution in [0.5, 0.6) is 0 Å². The van der Waals surface area contributed by atoms with Crippen molar-refractivity contribution in [1.82, 2.24) is 60.0 Å². The quantitative estimate of drug-likeness (QED) is 0.138. The molecule has 0 N–H and O–H groups in total. The highest BCUT2D eigenvalue weighted by Crippen LogP contribution is 2.49. The van der Waals surface area contributed by atoms with E-state index in [0.29, 0.717) is 0 Å². The van der Waals surface area contributed by atoms with Crippen molar-refractivity contribution in [2.75, 3.05) is 0 Å². The van der Waals surface area contributed by atoms with Gasteiger partial charge in [-0.3, -0.25) is 0 Å². The van der Waals surface area contributed by atoms with Crippen LogP contribution in [-0.4, -0.2) is 60.0 Å². The molecule has 0 fully saturated rings. The maximum atomic E-state index is 4.84. The van der Waals surface area contributed by atoms with Crippen LogP contribution < -0.4 is 0 Å². The van der Waals surface area contributed by atoms with Gasteiger partial charge in [0.1, 0.15) is 44.1 Å². The van der Waals surface area contributed by atoms with Crippen molar-refractivity contribution in [1.29, 1.82) is 0 Å². The Morgan fingerprint density at radius 3 is 0.523 bits per heavy atom. The number of hydrogen-bond donors (Lipinski definition) is 0. The molecule has 0 unspecified atom stereocenters. The summed E-state index contributed by atoms with van der Waals surface area (Å²) in [5.41, 5.74) is 43.3. The van der Waals surface area contributed by atoms with Gasteiger partial charge >= 0.3 is 0 Å². The van der Waals surface area contributed by atoms with Crippen LogP contribution >= 0.6 is 0 Å². The van der Waals surface area contributed by atoms with E-state index < -0.39 is 0 Å². The molecule has 4 heterocycles. The molecule has 0 spiro atoms. The first-order valence-electron chi connectivity index (χ1n) is 31.2. The molecule has 0 saturated carbocycles. The maximum Gasteiger partial charge on any atom is 0.122 e. The van der Waals surface area contributed by atoms with E-state index >= 15 is 0 Å². The van der Waals surface area contributed by atoms with Gasteiger partial charge in [0.2, 0.25) is 0 Å². The molecule has 0 radical (unpaired) electrons. The lowest BCUT2D eigenvalue weighted by Crippen LogP contribution is -2.02. The Kier molecular flexibility index (Phi) is 14.7. The fourth-order valence-electron chi connectivity index (χ4n) is 15.1. The van der Waals surface area contributed by atoms with Gasteiger partial charge in [0.15, 0.2) is 0 Å². The molecule has 12 nitrogen and oxygen atoms in total. The predicted octanol–water partition coefficient (Wildman–Crippen LogP) is 18.2. The van der Waals surface area contributed by atoms with Crippen LogP contribution in [0.25, 0.3) is 109 Å². The van der Waals surface area contributed by atoms with Gasteiger partial charge in [-0.05, 0) is 352 Å². The minimum Gasteiger partial charge on any atom is -0.187 e. The minimum atomic E-state index is 1.03. The van der Waals surface area contributed by atoms with Crippen LogP contribution in [0, 0.1) is 180 Å². The summed E-state index contributed by atoms with van der Waals surface area (Å²) in [5, 5.41) is 53.2. The van der Waals surface area contributed by atoms with E-state index in [2.05, 4.69) is 200 Å². The highest BCUT2D eigenvalue weighted by Gasteiger charge is 2.28. The third-order valence-electron chi connectivity index (χ3n) is 22.4. The molecule has 12 heteroatoms. The second kappa shape index (κ2) is 21.2. The smallest absolute Gasteiger partial charge is 0.122 e. The summed E-state index contributed by atoms with van der Waals surface area (Å²) in [6, 6.07) is 0. The maximum absolute atomic E-state index is 4.84. The predicted molar refractivity (Wildman–Crippen MR) is 373 cm³/mol. The molecule has 0 aliphatic rings. The molecule has 0 saturated heterocycles. The molecular formula is C76H90N12. The Hall–Kier alpha value is -8.38. The van der Waals surface area contributed by atoms with Gasteiger partial charge in [-0.15, -0.1) is 0 Å². The molecule has 10 aromatic carbocycles. The molecule has 454 valence electrons. The Balaban J connectivity index is 0.000000125. The molecule has 88 heavy (non-hydrogen) atoms. The number of hydrogen-bond acceptors (Lipinski definition) is 8. The lowest BCUT2D eigenvalue weighted by Gasteiger charge is -2.24. The molecule has 0 aliphatic carbocycles. The SMILES string of the molecule is Cc1c(C)c(C)c2c(c1C)c(C)c(C)c1nn(C)nc12.Cc1c(C)c(C)c2c(c1C)c1nn(C)nc1c1c(C)c(C)c(C)c(C)c12.Cc1c(C)c(C)c2nn(C)nc2c1C.Cc1c(C)c2c(C)c(C)c3c(C)c(C)c(C)c4c5nn(C)nc5c(c1C)c2c34. The van der Waals surface area contributed by atoms with E-state index in [0.717, 1.165) is 44.1 Å². The van der Waals surface area contributed by atoms with Crippen molar-refractivity contribution in [3.8, 4) is 0 Å². The third kappa shape index (κ3) is 8.49. The van der Waals surface area contributed by atoms with Gasteiger partial charge in [-0.2, -0.15) is 60.0 Å². The molecular weight excluding hydrogens is 1080 g/mol. The summed E-state index contributed by atoms with van der Waals surface area (Å²) in [5.74, 6) is 0. The van der Waals surface area contributed by atoms with Crippen molar-refractivity contribution >= 4 is 109 Å². The van der Waals surface area contributed by atoms with E-state index in [1.165, 1.54) is 209 Å². The monoisotopic (exact) mass is 1170 g/mol. The van der Waals surface area contributed by atoms with Crippen LogP contribution in [0.2, 0.25) is 0 Å². The fourth-order valence-corrected chi connectivity index (χ4v) is 15.1. The van der Waals surface area contributed by atoms with Crippen LogP contribution in [0.3, 0.4) is 0 Å². The first-order valence-corrected chi connectivity index (χ1v) is 31.2. The highest BCUT2D eigenvalue weighted by atomic mass is 15.5. The molecule has 0 atom stereocenters. The van der Waals surface area contributed by atoms with Crippen molar-refractivity contribution in [2.24, 2.45) is 28.2 Å². The van der Waals surface area contributed by atoms with Crippen molar-refractivity contribution in [2.45, 2.75) is 180 Å².